The first-order chi connectivity index (χ1) is 12.3. The minimum Gasteiger partial charge on any atom is -0.488 e. The van der Waals surface area contributed by atoms with Gasteiger partial charge in [-0.25, -0.2) is 4.68 Å². The quantitative estimate of drug-likeness (QED) is 0.661. The Labute approximate surface area is 151 Å². The average Bonchev–Trinajstić information content (AvgIpc) is 3.07. The summed E-state index contributed by atoms with van der Waals surface area (Å²) in [4.78, 5) is 0. The number of hydrogen-bond acceptors (Lipinski definition) is 5. The molecule has 0 aliphatic carbocycles. The zero-order valence-electron chi connectivity index (χ0n) is 14.0. The van der Waals surface area contributed by atoms with Crippen LogP contribution in [0.15, 0.2) is 48.5 Å². The number of nitrogens with one attached hydrogen (secondary N) is 1. The van der Waals surface area contributed by atoms with Gasteiger partial charge in [0.05, 0.1) is 0 Å². The first-order valence-electron chi connectivity index (χ1n) is 8.22. The largest absolute Gasteiger partial charge is 0.488 e. The number of aryl methyl sites for hydroxylation is 1. The number of aromatic nitrogens is 4. The number of hydrogen-bond donors (Lipinski definition) is 1. The van der Waals surface area contributed by atoms with Gasteiger partial charge in [-0.1, -0.05) is 60.0 Å². The molecule has 0 aliphatic rings. The van der Waals surface area contributed by atoms with Gasteiger partial charge in [-0.3, -0.25) is 0 Å². The van der Waals surface area contributed by atoms with Crippen molar-refractivity contribution in [1.82, 2.24) is 20.2 Å². The Kier molecular flexibility index (Phi) is 5.85. The van der Waals surface area contributed by atoms with E-state index in [1.807, 2.05) is 48.5 Å². The molecule has 25 heavy (non-hydrogen) atoms. The first-order valence-corrected chi connectivity index (χ1v) is 8.60. The minimum absolute atomic E-state index is 0.421. The van der Waals surface area contributed by atoms with Crippen LogP contribution in [0.4, 0.5) is 5.95 Å². The highest BCUT2D eigenvalue weighted by Gasteiger charge is 2.08. The summed E-state index contributed by atoms with van der Waals surface area (Å²) < 4.78 is 7.73. The lowest BCUT2D eigenvalue weighted by atomic mass is 10.2. The smallest absolute Gasteiger partial charge is 0.243 e. The molecule has 2 aromatic carbocycles. The fourth-order valence-corrected chi connectivity index (χ4v) is 2.62. The van der Waals surface area contributed by atoms with Gasteiger partial charge < -0.3 is 10.1 Å². The lowest BCUT2D eigenvalue weighted by Crippen LogP contribution is -2.09. The molecule has 3 rings (SSSR count). The Hall–Kier alpha value is -2.60. The lowest BCUT2D eigenvalue weighted by molar-refractivity contribution is 0.303. The molecule has 0 amide bonds. The highest BCUT2D eigenvalue weighted by Crippen LogP contribution is 2.22. The van der Waals surface area contributed by atoms with Crippen LogP contribution in [0, 0.1) is 0 Å². The molecule has 0 fully saturated rings. The number of ether oxygens (including phenoxy) is 1. The maximum Gasteiger partial charge on any atom is 0.243 e. The summed E-state index contributed by atoms with van der Waals surface area (Å²) in [5, 5.41) is 15.7. The number of halogens is 1. The van der Waals surface area contributed by atoms with Crippen LogP contribution in [0.3, 0.4) is 0 Å². The van der Waals surface area contributed by atoms with Crippen molar-refractivity contribution in [2.45, 2.75) is 33.0 Å². The first kappa shape index (κ1) is 17.2. The number of benzene rings is 2. The molecule has 1 heterocycles. The summed E-state index contributed by atoms with van der Waals surface area (Å²) in [6.45, 7) is 3.86. The van der Waals surface area contributed by atoms with Gasteiger partial charge in [-0.15, -0.1) is 0 Å². The molecule has 0 radical (unpaired) electrons. The van der Waals surface area contributed by atoms with Crippen LogP contribution in [0.1, 0.15) is 24.5 Å². The van der Waals surface area contributed by atoms with Gasteiger partial charge in [-0.2, -0.15) is 0 Å². The SMILES string of the molecule is CCCn1nnnc1NCc1ccccc1OCc1ccccc1Cl. The van der Waals surface area contributed by atoms with Crippen LogP contribution < -0.4 is 10.1 Å². The molecular weight excluding hydrogens is 338 g/mol. The predicted molar refractivity (Wildman–Crippen MR) is 97.7 cm³/mol. The van der Waals surface area contributed by atoms with Crippen molar-refractivity contribution < 1.29 is 4.74 Å². The van der Waals surface area contributed by atoms with E-state index in [2.05, 4.69) is 27.8 Å². The third-order valence-corrected chi connectivity index (χ3v) is 4.09. The van der Waals surface area contributed by atoms with Crippen LogP contribution in [0.25, 0.3) is 0 Å². The zero-order valence-corrected chi connectivity index (χ0v) is 14.8. The van der Waals surface area contributed by atoms with Gasteiger partial charge in [0.1, 0.15) is 12.4 Å². The molecule has 0 aliphatic heterocycles. The van der Waals surface area contributed by atoms with Crippen molar-refractivity contribution in [2.75, 3.05) is 5.32 Å². The van der Waals surface area contributed by atoms with Crippen molar-refractivity contribution in [3.05, 3.63) is 64.7 Å². The molecule has 0 unspecified atom stereocenters. The summed E-state index contributed by atoms with van der Waals surface area (Å²) in [7, 11) is 0. The van der Waals surface area contributed by atoms with E-state index in [9.17, 15) is 0 Å². The monoisotopic (exact) mass is 357 g/mol. The number of rotatable bonds is 8. The van der Waals surface area contributed by atoms with Crippen LogP contribution in [-0.2, 0) is 19.7 Å². The molecule has 0 atom stereocenters. The lowest BCUT2D eigenvalue weighted by Gasteiger charge is -2.13. The fourth-order valence-electron chi connectivity index (χ4n) is 2.43. The van der Waals surface area contributed by atoms with Gasteiger partial charge in [0.2, 0.25) is 5.95 Å². The summed E-state index contributed by atoms with van der Waals surface area (Å²) in [5.74, 6) is 1.46. The Balaban J connectivity index is 1.66. The number of para-hydroxylation sites is 1. The molecule has 0 bridgehead atoms. The Bertz CT molecular complexity index is 820. The van der Waals surface area contributed by atoms with Crippen LogP contribution in [0.2, 0.25) is 5.02 Å². The molecule has 1 aromatic heterocycles. The molecule has 0 saturated carbocycles. The third-order valence-electron chi connectivity index (χ3n) is 3.72. The summed E-state index contributed by atoms with van der Waals surface area (Å²) in [6, 6.07) is 15.6. The molecule has 1 N–H and O–H groups in total. The van der Waals surface area contributed by atoms with Crippen molar-refractivity contribution >= 4 is 17.5 Å². The maximum absolute atomic E-state index is 6.19. The summed E-state index contributed by atoms with van der Waals surface area (Å²) in [5.41, 5.74) is 1.99. The Morgan fingerprint density at radius 2 is 1.84 bits per heavy atom. The number of nitrogens with zero attached hydrogens (tertiary/aromatic N) is 4. The standard InChI is InChI=1S/C18H20ClN5O/c1-2-11-24-18(21-22-23-24)20-12-14-7-4-6-10-17(14)25-13-15-8-3-5-9-16(15)19/h3-10H,2,11-13H2,1H3,(H,20,21,23). The van der Waals surface area contributed by atoms with E-state index >= 15 is 0 Å². The molecular formula is C18H20ClN5O. The van der Waals surface area contributed by atoms with E-state index in [1.165, 1.54) is 0 Å². The Morgan fingerprint density at radius 1 is 1.08 bits per heavy atom. The normalized spacial score (nSPS) is 10.6. The van der Waals surface area contributed by atoms with Crippen molar-refractivity contribution in [3.63, 3.8) is 0 Å². The highest BCUT2D eigenvalue weighted by molar-refractivity contribution is 6.31. The van der Waals surface area contributed by atoms with Crippen molar-refractivity contribution in [3.8, 4) is 5.75 Å². The summed E-state index contributed by atoms with van der Waals surface area (Å²) in [6.07, 6.45) is 0.969. The van der Waals surface area contributed by atoms with E-state index in [0.29, 0.717) is 24.1 Å². The van der Waals surface area contributed by atoms with E-state index in [-0.39, 0.29) is 0 Å². The molecule has 0 spiro atoms. The van der Waals surface area contributed by atoms with E-state index in [1.54, 1.807) is 4.68 Å². The van der Waals surface area contributed by atoms with Gasteiger partial charge in [0, 0.05) is 29.2 Å². The van der Waals surface area contributed by atoms with Gasteiger partial charge in [0.25, 0.3) is 0 Å². The third kappa shape index (κ3) is 4.48. The second kappa shape index (κ2) is 8.48. The highest BCUT2D eigenvalue weighted by atomic mass is 35.5. The number of tetrazole rings is 1. The number of anilines is 1. The molecule has 130 valence electrons. The van der Waals surface area contributed by atoms with Crippen LogP contribution >= 0.6 is 11.6 Å². The zero-order chi connectivity index (χ0) is 17.5. The summed E-state index contributed by atoms with van der Waals surface area (Å²) >= 11 is 6.19. The van der Waals surface area contributed by atoms with Gasteiger partial charge in [-0.05, 0) is 29.0 Å². The van der Waals surface area contributed by atoms with E-state index < -0.39 is 0 Å². The van der Waals surface area contributed by atoms with Crippen molar-refractivity contribution in [2.24, 2.45) is 0 Å². The van der Waals surface area contributed by atoms with Crippen LogP contribution in [0.5, 0.6) is 5.75 Å². The van der Waals surface area contributed by atoms with Gasteiger partial charge >= 0.3 is 0 Å². The second-order valence-electron chi connectivity index (χ2n) is 5.57. The maximum atomic E-state index is 6.19. The predicted octanol–water partition coefficient (Wildman–Crippen LogP) is 3.93. The topological polar surface area (TPSA) is 64.9 Å². The van der Waals surface area contributed by atoms with Crippen molar-refractivity contribution in [1.29, 1.82) is 0 Å². The molecule has 7 heteroatoms. The van der Waals surface area contributed by atoms with Crippen LogP contribution in [-0.4, -0.2) is 20.2 Å². The molecule has 0 saturated heterocycles. The fraction of sp³-hybridized carbons (Fsp3) is 0.278. The van der Waals surface area contributed by atoms with Gasteiger partial charge in [0.15, 0.2) is 0 Å². The Morgan fingerprint density at radius 3 is 2.64 bits per heavy atom. The minimum atomic E-state index is 0.421. The molecule has 6 nitrogen and oxygen atoms in total. The van der Waals surface area contributed by atoms with E-state index in [0.717, 1.165) is 29.8 Å². The van der Waals surface area contributed by atoms with E-state index in [4.69, 9.17) is 16.3 Å². The molecule has 3 aromatic rings. The average molecular weight is 358 g/mol. The second-order valence-corrected chi connectivity index (χ2v) is 5.97.